The minimum atomic E-state index is -0.525. The van der Waals surface area contributed by atoms with Crippen LogP contribution in [0.4, 0.5) is 0 Å². The third kappa shape index (κ3) is 2.60. The van der Waals surface area contributed by atoms with Gasteiger partial charge in [0.1, 0.15) is 0 Å². The second-order valence-corrected chi connectivity index (χ2v) is 6.64. The number of esters is 1. The van der Waals surface area contributed by atoms with Crippen LogP contribution in [0.25, 0.3) is 0 Å². The summed E-state index contributed by atoms with van der Waals surface area (Å²) in [6.45, 7) is 9.34. The number of benzene rings is 2. The summed E-state index contributed by atoms with van der Waals surface area (Å²) >= 11 is 0. The molecule has 2 amide bonds. The highest BCUT2D eigenvalue weighted by Gasteiger charge is 2.36. The number of ether oxygens (including phenoxy) is 1. The van der Waals surface area contributed by atoms with E-state index >= 15 is 0 Å². The lowest BCUT2D eigenvalue weighted by molar-refractivity contribution is 0.0227. The molecule has 3 rings (SSSR count). The number of hydrogen-bond acceptors (Lipinski definition) is 4. The molecule has 1 aliphatic rings. The third-order valence-corrected chi connectivity index (χ3v) is 5.41. The van der Waals surface area contributed by atoms with Gasteiger partial charge in [-0.15, -0.1) is 0 Å². The van der Waals surface area contributed by atoms with Crippen molar-refractivity contribution in [3.63, 3.8) is 0 Å². The molecular formula is C21H21NO4. The van der Waals surface area contributed by atoms with Gasteiger partial charge in [-0.3, -0.25) is 9.59 Å². The van der Waals surface area contributed by atoms with Crippen molar-refractivity contribution in [1.29, 1.82) is 0 Å². The molecule has 0 bridgehead atoms. The van der Waals surface area contributed by atoms with Crippen LogP contribution in [0.15, 0.2) is 24.3 Å². The lowest BCUT2D eigenvalue weighted by Gasteiger charge is -2.19. The van der Waals surface area contributed by atoms with Gasteiger partial charge in [0.15, 0.2) is 6.73 Å². The summed E-state index contributed by atoms with van der Waals surface area (Å²) in [7, 11) is 0. The van der Waals surface area contributed by atoms with Crippen molar-refractivity contribution in [2.24, 2.45) is 0 Å². The average molecular weight is 351 g/mol. The zero-order valence-corrected chi connectivity index (χ0v) is 15.6. The first-order chi connectivity index (χ1) is 12.3. The Morgan fingerprint density at radius 3 is 1.69 bits per heavy atom. The number of nitrogens with zero attached hydrogens (tertiary/aromatic N) is 1. The van der Waals surface area contributed by atoms with Gasteiger partial charge in [0, 0.05) is 0 Å². The lowest BCUT2D eigenvalue weighted by atomic mass is 9.90. The molecule has 0 atom stereocenters. The third-order valence-electron chi connectivity index (χ3n) is 5.41. The molecule has 134 valence electrons. The maximum atomic E-state index is 12.7. The topological polar surface area (TPSA) is 63.7 Å². The number of amides is 2. The highest BCUT2D eigenvalue weighted by atomic mass is 16.5. The minimum absolute atomic E-state index is 0.336. The summed E-state index contributed by atoms with van der Waals surface area (Å²) in [4.78, 5) is 38.3. The molecule has 0 fully saturated rings. The molecule has 0 saturated heterocycles. The zero-order valence-electron chi connectivity index (χ0n) is 15.6. The number of rotatable bonds is 3. The molecule has 26 heavy (non-hydrogen) atoms. The van der Waals surface area contributed by atoms with E-state index in [1.54, 1.807) is 24.3 Å². The zero-order chi connectivity index (χ0) is 19.2. The van der Waals surface area contributed by atoms with Gasteiger partial charge in [0.2, 0.25) is 0 Å². The monoisotopic (exact) mass is 351 g/mol. The normalized spacial score (nSPS) is 13.2. The van der Waals surface area contributed by atoms with E-state index in [4.69, 9.17) is 4.74 Å². The first-order valence-electron chi connectivity index (χ1n) is 8.45. The molecule has 0 saturated carbocycles. The summed E-state index contributed by atoms with van der Waals surface area (Å²) in [5, 5.41) is 0. The first-order valence-corrected chi connectivity index (χ1v) is 8.45. The van der Waals surface area contributed by atoms with E-state index in [1.807, 2.05) is 34.6 Å². The molecule has 5 heteroatoms. The van der Waals surface area contributed by atoms with E-state index in [-0.39, 0.29) is 0 Å². The molecule has 2 aromatic carbocycles. The fourth-order valence-corrected chi connectivity index (χ4v) is 3.36. The maximum absolute atomic E-state index is 12.7. The van der Waals surface area contributed by atoms with Crippen LogP contribution in [-0.2, 0) is 4.74 Å². The Bertz CT molecular complexity index is 895. The Kier molecular flexibility index (Phi) is 4.40. The van der Waals surface area contributed by atoms with Gasteiger partial charge in [-0.2, -0.15) is 0 Å². The van der Waals surface area contributed by atoms with Crippen LogP contribution in [0, 0.1) is 34.6 Å². The van der Waals surface area contributed by atoms with Crippen LogP contribution in [-0.4, -0.2) is 29.4 Å². The highest BCUT2D eigenvalue weighted by Crippen LogP contribution is 2.27. The van der Waals surface area contributed by atoms with Crippen molar-refractivity contribution in [3.8, 4) is 0 Å². The van der Waals surface area contributed by atoms with E-state index in [0.717, 1.165) is 32.7 Å². The summed E-state index contributed by atoms with van der Waals surface area (Å²) in [5.41, 5.74) is 6.13. The number of carbonyl (C=O) groups excluding carboxylic acids is 3. The fraction of sp³-hybridized carbons (Fsp3) is 0.286. The predicted molar refractivity (Wildman–Crippen MR) is 97.4 cm³/mol. The molecule has 2 aromatic rings. The van der Waals surface area contributed by atoms with Crippen molar-refractivity contribution in [2.45, 2.75) is 34.6 Å². The Labute approximate surface area is 152 Å². The Hall–Kier alpha value is -2.95. The standard InChI is InChI=1S/C21H21NO4/c1-11-12(2)14(4)18(15(5)13(11)3)21(25)26-10-22-19(23)16-8-6-7-9-17(16)20(22)24/h6-9H,10H2,1-5H3. The Morgan fingerprint density at radius 1 is 0.808 bits per heavy atom. The molecule has 0 aliphatic carbocycles. The van der Waals surface area contributed by atoms with E-state index in [1.165, 1.54) is 0 Å². The SMILES string of the molecule is Cc1c(C)c(C)c(C(=O)OCN2C(=O)c3ccccc3C2=O)c(C)c1C. The smallest absolute Gasteiger partial charge is 0.340 e. The Balaban J connectivity index is 1.83. The van der Waals surface area contributed by atoms with Gasteiger partial charge in [-0.25, -0.2) is 9.69 Å². The van der Waals surface area contributed by atoms with E-state index in [9.17, 15) is 14.4 Å². The van der Waals surface area contributed by atoms with Crippen molar-refractivity contribution >= 4 is 17.8 Å². The molecule has 0 N–H and O–H groups in total. The van der Waals surface area contributed by atoms with Crippen LogP contribution >= 0.6 is 0 Å². The highest BCUT2D eigenvalue weighted by molar-refractivity contribution is 6.21. The molecule has 1 heterocycles. The largest absolute Gasteiger partial charge is 0.440 e. The average Bonchev–Trinajstić information content (AvgIpc) is 2.88. The minimum Gasteiger partial charge on any atom is -0.440 e. The van der Waals surface area contributed by atoms with Gasteiger partial charge in [-0.05, 0) is 74.6 Å². The molecule has 0 spiro atoms. The molecule has 0 aromatic heterocycles. The van der Waals surface area contributed by atoms with Gasteiger partial charge < -0.3 is 4.74 Å². The van der Waals surface area contributed by atoms with Crippen LogP contribution < -0.4 is 0 Å². The van der Waals surface area contributed by atoms with Crippen molar-refractivity contribution in [2.75, 3.05) is 6.73 Å². The predicted octanol–water partition coefficient (Wildman–Crippen LogP) is 3.64. The van der Waals surface area contributed by atoms with Crippen LogP contribution in [0.2, 0.25) is 0 Å². The quantitative estimate of drug-likeness (QED) is 0.626. The van der Waals surface area contributed by atoms with Crippen molar-refractivity contribution in [1.82, 2.24) is 4.90 Å². The van der Waals surface area contributed by atoms with Crippen LogP contribution in [0.1, 0.15) is 58.9 Å². The van der Waals surface area contributed by atoms with Crippen molar-refractivity contribution < 1.29 is 19.1 Å². The lowest BCUT2D eigenvalue weighted by Crippen LogP contribution is -2.33. The molecule has 0 radical (unpaired) electrons. The van der Waals surface area contributed by atoms with Gasteiger partial charge in [0.05, 0.1) is 16.7 Å². The first kappa shape index (κ1) is 17.9. The maximum Gasteiger partial charge on any atom is 0.340 e. The summed E-state index contributed by atoms with van der Waals surface area (Å²) < 4.78 is 5.34. The fourth-order valence-electron chi connectivity index (χ4n) is 3.36. The van der Waals surface area contributed by atoms with E-state index < -0.39 is 24.5 Å². The van der Waals surface area contributed by atoms with Crippen LogP contribution in [0.5, 0.6) is 0 Å². The molecule has 0 unspecified atom stereocenters. The second-order valence-electron chi connectivity index (χ2n) is 6.64. The number of hydrogen-bond donors (Lipinski definition) is 0. The molecule has 1 aliphatic heterocycles. The second kappa shape index (κ2) is 6.41. The molecular weight excluding hydrogens is 330 g/mol. The van der Waals surface area contributed by atoms with Crippen molar-refractivity contribution in [3.05, 3.63) is 68.8 Å². The molecule has 5 nitrogen and oxygen atoms in total. The number of imide groups is 1. The van der Waals surface area contributed by atoms with Gasteiger partial charge >= 0.3 is 5.97 Å². The number of fused-ring (bicyclic) bond motifs is 1. The Morgan fingerprint density at radius 2 is 1.23 bits per heavy atom. The number of carbonyl (C=O) groups is 3. The van der Waals surface area contributed by atoms with E-state index in [0.29, 0.717) is 16.7 Å². The van der Waals surface area contributed by atoms with Gasteiger partial charge in [0.25, 0.3) is 11.8 Å². The summed E-state index contributed by atoms with van der Waals surface area (Å²) in [6, 6.07) is 6.59. The van der Waals surface area contributed by atoms with Crippen LogP contribution in [0.3, 0.4) is 0 Å². The van der Waals surface area contributed by atoms with E-state index in [2.05, 4.69) is 0 Å². The summed E-state index contributed by atoms with van der Waals surface area (Å²) in [6.07, 6.45) is 0. The summed E-state index contributed by atoms with van der Waals surface area (Å²) in [5.74, 6) is -1.41. The van der Waals surface area contributed by atoms with Gasteiger partial charge in [-0.1, -0.05) is 12.1 Å².